The van der Waals surface area contributed by atoms with Crippen LogP contribution >= 0.6 is 0 Å². The molecule has 1 aromatic rings. The first kappa shape index (κ1) is 20.2. The van der Waals surface area contributed by atoms with Crippen LogP contribution in [0, 0.1) is 5.41 Å². The third-order valence-corrected chi connectivity index (χ3v) is 4.66. The summed E-state index contributed by atoms with van der Waals surface area (Å²) in [6.45, 7) is 7.99. The number of hydrogen-bond acceptors (Lipinski definition) is 4. The van der Waals surface area contributed by atoms with E-state index >= 15 is 0 Å². The lowest BCUT2D eigenvalue weighted by Crippen LogP contribution is -2.44. The Morgan fingerprint density at radius 1 is 1.15 bits per heavy atom. The van der Waals surface area contributed by atoms with Gasteiger partial charge in [-0.1, -0.05) is 39.0 Å². The lowest BCUT2D eigenvalue weighted by molar-refractivity contribution is -0.131. The monoisotopic (exact) mass is 361 g/mol. The van der Waals surface area contributed by atoms with Crippen LogP contribution in [-0.4, -0.2) is 50.0 Å². The van der Waals surface area contributed by atoms with Crippen molar-refractivity contribution in [2.75, 3.05) is 33.3 Å². The van der Waals surface area contributed by atoms with Gasteiger partial charge in [-0.05, 0) is 32.0 Å². The molecule has 1 atom stereocenters. The highest BCUT2D eigenvalue weighted by Gasteiger charge is 2.26. The van der Waals surface area contributed by atoms with Gasteiger partial charge in [0.2, 0.25) is 11.8 Å². The van der Waals surface area contributed by atoms with E-state index in [0.717, 1.165) is 24.4 Å². The summed E-state index contributed by atoms with van der Waals surface area (Å²) >= 11 is 0. The maximum Gasteiger partial charge on any atom is 0.239 e. The third kappa shape index (κ3) is 5.46. The molecule has 0 saturated carbocycles. The Balaban J connectivity index is 1.99. The van der Waals surface area contributed by atoms with E-state index in [1.807, 2.05) is 39.0 Å². The number of carbonyl (C=O) groups excluding carboxylic acids is 2. The molecule has 6 heteroatoms. The minimum Gasteiger partial charge on any atom is -0.496 e. The van der Waals surface area contributed by atoms with Crippen LogP contribution in [-0.2, 0) is 9.59 Å². The van der Waals surface area contributed by atoms with Gasteiger partial charge in [-0.25, -0.2) is 0 Å². The van der Waals surface area contributed by atoms with Crippen LogP contribution in [0.1, 0.15) is 45.2 Å². The fraction of sp³-hybridized carbons (Fsp3) is 0.600. The number of benzene rings is 1. The number of rotatable bonds is 7. The zero-order valence-corrected chi connectivity index (χ0v) is 16.3. The molecule has 2 amide bonds. The molecule has 1 aliphatic rings. The molecule has 2 N–H and O–H groups in total. The first-order valence-corrected chi connectivity index (χ1v) is 9.25. The minimum absolute atomic E-state index is 0.00521. The quantitative estimate of drug-likeness (QED) is 0.780. The number of hydrogen-bond donors (Lipinski definition) is 2. The number of carbonyl (C=O) groups is 2. The van der Waals surface area contributed by atoms with E-state index in [2.05, 4.69) is 21.6 Å². The molecule has 1 saturated heterocycles. The van der Waals surface area contributed by atoms with E-state index in [4.69, 9.17) is 4.74 Å². The average molecular weight is 361 g/mol. The predicted molar refractivity (Wildman–Crippen MR) is 102 cm³/mol. The lowest BCUT2D eigenvalue weighted by atomic mass is 9.96. The van der Waals surface area contributed by atoms with Crippen molar-refractivity contribution in [2.24, 2.45) is 5.41 Å². The fourth-order valence-electron chi connectivity index (χ4n) is 3.13. The Bertz CT molecular complexity index is 619. The van der Waals surface area contributed by atoms with Crippen LogP contribution in [0.3, 0.4) is 0 Å². The number of likely N-dealkylation sites (tertiary alicyclic amines) is 1. The second-order valence-corrected chi connectivity index (χ2v) is 7.74. The summed E-state index contributed by atoms with van der Waals surface area (Å²) in [7, 11) is 1.67. The second kappa shape index (κ2) is 9.03. The normalized spacial score (nSPS) is 16.2. The second-order valence-electron chi connectivity index (χ2n) is 7.74. The molecular weight excluding hydrogens is 330 g/mol. The van der Waals surface area contributed by atoms with Crippen molar-refractivity contribution in [3.8, 4) is 5.75 Å². The average Bonchev–Trinajstić information content (AvgIpc) is 3.13. The van der Waals surface area contributed by atoms with Crippen molar-refractivity contribution in [1.29, 1.82) is 0 Å². The maximum absolute atomic E-state index is 12.2. The molecule has 0 aromatic heterocycles. The van der Waals surface area contributed by atoms with Gasteiger partial charge in [0, 0.05) is 17.5 Å². The third-order valence-electron chi connectivity index (χ3n) is 4.66. The Hall–Kier alpha value is -2.08. The Morgan fingerprint density at radius 2 is 1.81 bits per heavy atom. The van der Waals surface area contributed by atoms with E-state index < -0.39 is 5.41 Å². The van der Waals surface area contributed by atoms with Crippen molar-refractivity contribution >= 4 is 11.8 Å². The molecule has 1 fully saturated rings. The lowest BCUT2D eigenvalue weighted by Gasteiger charge is -2.29. The number of amides is 2. The molecule has 1 aliphatic heterocycles. The SMILES string of the molecule is COc1ccccc1C(CNC(=O)CNC(=O)C(C)(C)C)N1CCCC1. The van der Waals surface area contributed by atoms with Crippen LogP contribution in [0.2, 0.25) is 0 Å². The Morgan fingerprint density at radius 3 is 2.42 bits per heavy atom. The number of para-hydroxylation sites is 1. The minimum atomic E-state index is -0.504. The van der Waals surface area contributed by atoms with Gasteiger partial charge >= 0.3 is 0 Å². The van der Waals surface area contributed by atoms with Gasteiger partial charge in [-0.2, -0.15) is 0 Å². The van der Waals surface area contributed by atoms with Gasteiger partial charge in [-0.15, -0.1) is 0 Å². The van der Waals surface area contributed by atoms with Crippen LogP contribution in [0.4, 0.5) is 0 Å². The molecular formula is C20H31N3O3. The summed E-state index contributed by atoms with van der Waals surface area (Å²) in [5.74, 6) is 0.523. The number of nitrogens with one attached hydrogen (secondary N) is 2. The van der Waals surface area contributed by atoms with E-state index in [1.54, 1.807) is 7.11 Å². The predicted octanol–water partition coefficient (Wildman–Crippen LogP) is 2.11. The molecule has 2 rings (SSSR count). The van der Waals surface area contributed by atoms with Crippen molar-refractivity contribution in [1.82, 2.24) is 15.5 Å². The highest BCUT2D eigenvalue weighted by molar-refractivity contribution is 5.87. The summed E-state index contributed by atoms with van der Waals surface area (Å²) in [6, 6.07) is 8.01. The first-order valence-electron chi connectivity index (χ1n) is 9.25. The molecule has 0 spiro atoms. The number of nitrogens with zero attached hydrogens (tertiary/aromatic N) is 1. The zero-order valence-electron chi connectivity index (χ0n) is 16.3. The molecule has 144 valence electrons. The van der Waals surface area contributed by atoms with E-state index in [-0.39, 0.29) is 24.4 Å². The molecule has 1 heterocycles. The summed E-state index contributed by atoms with van der Waals surface area (Å²) in [6.07, 6.45) is 2.34. The van der Waals surface area contributed by atoms with Gasteiger partial charge < -0.3 is 15.4 Å². The van der Waals surface area contributed by atoms with Crippen molar-refractivity contribution < 1.29 is 14.3 Å². The van der Waals surface area contributed by atoms with Gasteiger partial charge in [0.25, 0.3) is 0 Å². The highest BCUT2D eigenvalue weighted by Crippen LogP contribution is 2.31. The molecule has 0 bridgehead atoms. The van der Waals surface area contributed by atoms with Gasteiger partial charge in [0.1, 0.15) is 5.75 Å². The fourth-order valence-corrected chi connectivity index (χ4v) is 3.13. The van der Waals surface area contributed by atoms with Crippen LogP contribution in [0.15, 0.2) is 24.3 Å². The zero-order chi connectivity index (χ0) is 19.2. The van der Waals surface area contributed by atoms with Crippen LogP contribution < -0.4 is 15.4 Å². The Labute approximate surface area is 156 Å². The largest absolute Gasteiger partial charge is 0.496 e. The standard InChI is InChI=1S/C20H31N3O3/c1-20(2,3)19(25)22-14-18(24)21-13-16(23-11-7-8-12-23)15-9-5-6-10-17(15)26-4/h5-6,9-10,16H,7-8,11-14H2,1-4H3,(H,21,24)(H,22,25). The van der Waals surface area contributed by atoms with Gasteiger partial charge in [0.05, 0.1) is 19.7 Å². The van der Waals surface area contributed by atoms with E-state index in [0.29, 0.717) is 6.54 Å². The van der Waals surface area contributed by atoms with Crippen LogP contribution in [0.5, 0.6) is 5.75 Å². The molecule has 6 nitrogen and oxygen atoms in total. The van der Waals surface area contributed by atoms with Gasteiger partial charge in [0.15, 0.2) is 0 Å². The topological polar surface area (TPSA) is 70.7 Å². The maximum atomic E-state index is 12.2. The number of ether oxygens (including phenoxy) is 1. The number of methoxy groups -OCH3 is 1. The summed E-state index contributed by atoms with van der Waals surface area (Å²) in [5.41, 5.74) is 0.575. The van der Waals surface area contributed by atoms with Gasteiger partial charge in [-0.3, -0.25) is 14.5 Å². The molecule has 1 aromatic carbocycles. The van der Waals surface area contributed by atoms with Crippen molar-refractivity contribution in [2.45, 2.75) is 39.7 Å². The smallest absolute Gasteiger partial charge is 0.239 e. The van der Waals surface area contributed by atoms with Crippen molar-refractivity contribution in [3.05, 3.63) is 29.8 Å². The summed E-state index contributed by atoms with van der Waals surface area (Å²) < 4.78 is 5.51. The molecule has 26 heavy (non-hydrogen) atoms. The Kier molecular flexibility index (Phi) is 7.03. The van der Waals surface area contributed by atoms with Crippen molar-refractivity contribution in [3.63, 3.8) is 0 Å². The molecule has 1 unspecified atom stereocenters. The first-order chi connectivity index (χ1) is 12.3. The highest BCUT2D eigenvalue weighted by atomic mass is 16.5. The van der Waals surface area contributed by atoms with E-state index in [1.165, 1.54) is 12.8 Å². The van der Waals surface area contributed by atoms with E-state index in [9.17, 15) is 9.59 Å². The molecule has 0 radical (unpaired) electrons. The summed E-state index contributed by atoms with van der Waals surface area (Å²) in [5, 5.41) is 5.65. The van der Waals surface area contributed by atoms with Crippen LogP contribution in [0.25, 0.3) is 0 Å². The summed E-state index contributed by atoms with van der Waals surface area (Å²) in [4.78, 5) is 26.5. The molecule has 0 aliphatic carbocycles.